The van der Waals surface area contributed by atoms with Crippen LogP contribution < -0.4 is 5.32 Å². The van der Waals surface area contributed by atoms with Crippen molar-refractivity contribution in [2.24, 2.45) is 0 Å². The molecule has 0 heterocycles. The Hall–Kier alpha value is -0.120. The molecule has 0 aromatic rings. The molecular weight excluding hydrogens is 190 g/mol. The van der Waals surface area contributed by atoms with Gasteiger partial charge in [-0.3, -0.25) is 0 Å². The van der Waals surface area contributed by atoms with Crippen molar-refractivity contribution in [3.05, 3.63) is 0 Å². The quantitative estimate of drug-likeness (QED) is 0.663. The lowest BCUT2D eigenvalue weighted by Gasteiger charge is -2.26. The van der Waals surface area contributed by atoms with Crippen molar-refractivity contribution in [3.8, 4) is 0 Å². The summed E-state index contributed by atoms with van der Waals surface area (Å²) >= 11 is 0. The van der Waals surface area contributed by atoms with E-state index in [2.05, 4.69) is 19.2 Å². The van der Waals surface area contributed by atoms with Gasteiger partial charge in [0.15, 0.2) is 0 Å². The highest BCUT2D eigenvalue weighted by atomic mass is 16.5. The standard InChI is InChI=1S/C12H25NO2/c1-11(2,15-3)8-9-13-10-12(14)6-4-5-7-12/h13-14H,4-10H2,1-3H3. The maximum Gasteiger partial charge on any atom is 0.0771 e. The largest absolute Gasteiger partial charge is 0.389 e. The highest BCUT2D eigenvalue weighted by molar-refractivity contribution is 4.86. The first-order chi connectivity index (χ1) is 6.97. The number of aliphatic hydroxyl groups is 1. The zero-order valence-electron chi connectivity index (χ0n) is 10.3. The molecular formula is C12H25NO2. The lowest BCUT2D eigenvalue weighted by atomic mass is 10.0. The van der Waals surface area contributed by atoms with E-state index in [9.17, 15) is 5.11 Å². The van der Waals surface area contributed by atoms with E-state index in [0.29, 0.717) is 0 Å². The summed E-state index contributed by atoms with van der Waals surface area (Å²) in [5.74, 6) is 0. The Balaban J connectivity index is 2.11. The van der Waals surface area contributed by atoms with Crippen molar-refractivity contribution >= 4 is 0 Å². The van der Waals surface area contributed by atoms with Crippen molar-refractivity contribution < 1.29 is 9.84 Å². The molecule has 1 saturated carbocycles. The minimum atomic E-state index is -0.433. The summed E-state index contributed by atoms with van der Waals surface area (Å²) in [5, 5.41) is 13.4. The Morgan fingerprint density at radius 2 is 1.93 bits per heavy atom. The summed E-state index contributed by atoms with van der Waals surface area (Å²) in [6.45, 7) is 5.80. The predicted octanol–water partition coefficient (Wildman–Crippen LogP) is 1.70. The van der Waals surface area contributed by atoms with Crippen LogP contribution in [0.3, 0.4) is 0 Å². The average molecular weight is 215 g/mol. The zero-order chi connectivity index (χ0) is 11.4. The van der Waals surface area contributed by atoms with Crippen molar-refractivity contribution in [2.45, 2.75) is 57.2 Å². The van der Waals surface area contributed by atoms with E-state index in [0.717, 1.165) is 32.4 Å². The van der Waals surface area contributed by atoms with Crippen LogP contribution in [0.5, 0.6) is 0 Å². The van der Waals surface area contributed by atoms with Crippen molar-refractivity contribution in [3.63, 3.8) is 0 Å². The first kappa shape index (κ1) is 12.9. The van der Waals surface area contributed by atoms with Crippen molar-refractivity contribution in [1.82, 2.24) is 5.32 Å². The molecule has 3 heteroatoms. The molecule has 0 aromatic heterocycles. The molecule has 0 aliphatic heterocycles. The molecule has 0 radical (unpaired) electrons. The van der Waals surface area contributed by atoms with Gasteiger partial charge in [0.05, 0.1) is 11.2 Å². The number of rotatable bonds is 6. The summed E-state index contributed by atoms with van der Waals surface area (Å²) in [4.78, 5) is 0. The van der Waals surface area contributed by atoms with Gasteiger partial charge in [0.2, 0.25) is 0 Å². The molecule has 0 bridgehead atoms. The minimum Gasteiger partial charge on any atom is -0.389 e. The molecule has 2 N–H and O–H groups in total. The lowest BCUT2D eigenvalue weighted by Crippen LogP contribution is -2.40. The molecule has 1 aliphatic rings. The molecule has 0 aromatic carbocycles. The summed E-state index contributed by atoms with van der Waals surface area (Å²) < 4.78 is 5.33. The number of methoxy groups -OCH3 is 1. The van der Waals surface area contributed by atoms with Crippen molar-refractivity contribution in [1.29, 1.82) is 0 Å². The van der Waals surface area contributed by atoms with Crippen LogP contribution >= 0.6 is 0 Å². The second-order valence-electron chi connectivity index (χ2n) is 5.32. The van der Waals surface area contributed by atoms with Crippen LogP contribution in [-0.2, 0) is 4.74 Å². The third-order valence-electron chi connectivity index (χ3n) is 3.44. The first-order valence-corrected chi connectivity index (χ1v) is 5.96. The van der Waals surface area contributed by atoms with Crippen LogP contribution in [0.4, 0.5) is 0 Å². The molecule has 3 nitrogen and oxygen atoms in total. The summed E-state index contributed by atoms with van der Waals surface area (Å²) in [6.07, 6.45) is 5.21. The van der Waals surface area contributed by atoms with E-state index in [1.54, 1.807) is 7.11 Å². The fourth-order valence-corrected chi connectivity index (χ4v) is 2.02. The Morgan fingerprint density at radius 1 is 1.33 bits per heavy atom. The van der Waals surface area contributed by atoms with E-state index in [4.69, 9.17) is 4.74 Å². The highest BCUT2D eigenvalue weighted by Crippen LogP contribution is 2.28. The SMILES string of the molecule is COC(C)(C)CCNCC1(O)CCCC1. The van der Waals surface area contributed by atoms with Crippen LogP contribution in [0.15, 0.2) is 0 Å². The van der Waals surface area contributed by atoms with Gasteiger partial charge in [0.1, 0.15) is 0 Å². The van der Waals surface area contributed by atoms with E-state index in [1.165, 1.54) is 12.8 Å². The topological polar surface area (TPSA) is 41.5 Å². The second-order valence-corrected chi connectivity index (χ2v) is 5.32. The third kappa shape index (κ3) is 4.49. The monoisotopic (exact) mass is 215 g/mol. The average Bonchev–Trinajstić information content (AvgIpc) is 2.61. The second kappa shape index (κ2) is 5.28. The molecule has 0 saturated heterocycles. The third-order valence-corrected chi connectivity index (χ3v) is 3.44. The van der Waals surface area contributed by atoms with Gasteiger partial charge in [-0.1, -0.05) is 12.8 Å². The highest BCUT2D eigenvalue weighted by Gasteiger charge is 2.30. The Bertz CT molecular complexity index is 186. The number of hydrogen-bond donors (Lipinski definition) is 2. The van der Waals surface area contributed by atoms with Crippen LogP contribution in [0.1, 0.15) is 46.0 Å². The van der Waals surface area contributed by atoms with E-state index in [1.807, 2.05) is 0 Å². The molecule has 0 unspecified atom stereocenters. The van der Waals surface area contributed by atoms with Gasteiger partial charge in [-0.2, -0.15) is 0 Å². The van der Waals surface area contributed by atoms with E-state index >= 15 is 0 Å². The van der Waals surface area contributed by atoms with Gasteiger partial charge in [-0.15, -0.1) is 0 Å². The van der Waals surface area contributed by atoms with Crippen LogP contribution in [0, 0.1) is 0 Å². The fourth-order valence-electron chi connectivity index (χ4n) is 2.02. The zero-order valence-corrected chi connectivity index (χ0v) is 10.3. The van der Waals surface area contributed by atoms with Gasteiger partial charge in [-0.25, -0.2) is 0 Å². The molecule has 0 atom stereocenters. The van der Waals surface area contributed by atoms with Crippen LogP contribution in [0.25, 0.3) is 0 Å². The van der Waals surface area contributed by atoms with Crippen LogP contribution in [0.2, 0.25) is 0 Å². The van der Waals surface area contributed by atoms with E-state index in [-0.39, 0.29) is 5.60 Å². The fraction of sp³-hybridized carbons (Fsp3) is 1.00. The normalized spacial score (nSPS) is 20.8. The van der Waals surface area contributed by atoms with Crippen LogP contribution in [-0.4, -0.2) is 36.5 Å². The Labute approximate surface area is 93.2 Å². The smallest absolute Gasteiger partial charge is 0.0771 e. The Kier molecular flexibility index (Phi) is 4.56. The van der Waals surface area contributed by atoms with E-state index < -0.39 is 5.60 Å². The van der Waals surface area contributed by atoms with Gasteiger partial charge >= 0.3 is 0 Å². The summed E-state index contributed by atoms with van der Waals surface area (Å²) in [5.41, 5.74) is -0.498. The molecule has 1 fully saturated rings. The van der Waals surface area contributed by atoms with Gasteiger partial charge in [0.25, 0.3) is 0 Å². The van der Waals surface area contributed by atoms with Gasteiger partial charge < -0.3 is 15.2 Å². The van der Waals surface area contributed by atoms with Crippen molar-refractivity contribution in [2.75, 3.05) is 20.2 Å². The van der Waals surface area contributed by atoms with Gasteiger partial charge in [-0.05, 0) is 39.7 Å². The summed E-state index contributed by atoms with van der Waals surface area (Å²) in [6, 6.07) is 0. The number of nitrogens with one attached hydrogen (secondary N) is 1. The molecule has 0 amide bonds. The lowest BCUT2D eigenvalue weighted by molar-refractivity contribution is 0.0117. The molecule has 90 valence electrons. The minimum absolute atomic E-state index is 0.0642. The molecule has 1 rings (SSSR count). The molecule has 15 heavy (non-hydrogen) atoms. The molecule has 1 aliphatic carbocycles. The maximum atomic E-state index is 10.1. The number of ether oxygens (including phenoxy) is 1. The first-order valence-electron chi connectivity index (χ1n) is 5.96. The Morgan fingerprint density at radius 3 is 2.47 bits per heavy atom. The summed E-state index contributed by atoms with van der Waals surface area (Å²) in [7, 11) is 1.74. The maximum absolute atomic E-state index is 10.1. The number of hydrogen-bond acceptors (Lipinski definition) is 3. The predicted molar refractivity (Wildman–Crippen MR) is 62.0 cm³/mol. The van der Waals surface area contributed by atoms with Gasteiger partial charge in [0, 0.05) is 13.7 Å². The molecule has 0 spiro atoms.